The molecule has 1 heterocycles. The van der Waals surface area contributed by atoms with E-state index < -0.39 is 0 Å². The summed E-state index contributed by atoms with van der Waals surface area (Å²) in [7, 11) is 1.53. The molecule has 5 aliphatic rings. The van der Waals surface area contributed by atoms with Crippen LogP contribution in [0.4, 0.5) is 0 Å². The van der Waals surface area contributed by atoms with Gasteiger partial charge >= 0.3 is 5.97 Å². The van der Waals surface area contributed by atoms with Crippen molar-refractivity contribution in [1.82, 2.24) is 4.90 Å². The Balaban J connectivity index is 1.66. The zero-order valence-corrected chi connectivity index (χ0v) is 13.1. The largest absolute Gasteiger partial charge is 0.468 e. The number of esters is 1. The molecule has 3 nitrogen and oxygen atoms in total. The smallest absolute Gasteiger partial charge is 0.323 e. The average Bonchev–Trinajstić information content (AvgIpc) is 2.20. The first kappa shape index (κ1) is 13.1. The van der Waals surface area contributed by atoms with Crippen molar-refractivity contribution >= 4 is 5.97 Å². The van der Waals surface area contributed by atoms with Crippen molar-refractivity contribution in [2.24, 2.45) is 16.7 Å². The quantitative estimate of drug-likeness (QED) is 0.727. The van der Waals surface area contributed by atoms with Crippen molar-refractivity contribution in [2.75, 3.05) is 13.7 Å². The third-order valence-corrected chi connectivity index (χ3v) is 6.70. The lowest BCUT2D eigenvalue weighted by molar-refractivity contribution is -0.200. The second kappa shape index (κ2) is 3.79. The van der Waals surface area contributed by atoms with Crippen LogP contribution in [0.5, 0.6) is 0 Å². The normalized spacial score (nSPS) is 53.8. The molecule has 4 bridgehead atoms. The number of nitrogens with zero attached hydrogens (tertiary/aromatic N) is 1. The molecule has 1 saturated heterocycles. The molecular formula is C17H27NO2. The molecule has 0 amide bonds. The second-order valence-corrected chi connectivity index (χ2v) is 8.88. The van der Waals surface area contributed by atoms with Gasteiger partial charge in [0.25, 0.3) is 0 Å². The molecule has 0 aromatic heterocycles. The predicted octanol–water partition coefficient (Wildman–Crippen LogP) is 2.98. The van der Waals surface area contributed by atoms with Crippen LogP contribution in [-0.4, -0.2) is 36.1 Å². The summed E-state index contributed by atoms with van der Waals surface area (Å²) in [4.78, 5) is 14.5. The van der Waals surface area contributed by atoms with E-state index in [1.807, 2.05) is 0 Å². The summed E-state index contributed by atoms with van der Waals surface area (Å²) in [5.74, 6) is 0.877. The van der Waals surface area contributed by atoms with E-state index in [-0.39, 0.29) is 12.0 Å². The molecule has 4 saturated carbocycles. The molecule has 0 N–H and O–H groups in total. The first-order valence-electron chi connectivity index (χ1n) is 8.22. The molecule has 0 aromatic carbocycles. The second-order valence-electron chi connectivity index (χ2n) is 8.88. The van der Waals surface area contributed by atoms with Gasteiger partial charge in [-0.05, 0) is 61.7 Å². The third kappa shape index (κ3) is 1.65. The number of hydrogen-bond acceptors (Lipinski definition) is 3. The first-order valence-corrected chi connectivity index (χ1v) is 8.22. The van der Waals surface area contributed by atoms with Crippen molar-refractivity contribution in [3.8, 4) is 0 Å². The van der Waals surface area contributed by atoms with Crippen LogP contribution in [0, 0.1) is 16.7 Å². The lowest BCUT2D eigenvalue weighted by Crippen LogP contribution is -2.71. The van der Waals surface area contributed by atoms with Gasteiger partial charge in [0.1, 0.15) is 6.04 Å². The predicted molar refractivity (Wildman–Crippen MR) is 77.3 cm³/mol. The van der Waals surface area contributed by atoms with Crippen LogP contribution in [0.2, 0.25) is 0 Å². The molecule has 5 rings (SSSR count). The molecule has 3 unspecified atom stereocenters. The maximum Gasteiger partial charge on any atom is 0.323 e. The fourth-order valence-corrected chi connectivity index (χ4v) is 7.04. The average molecular weight is 277 g/mol. The Hall–Kier alpha value is -0.570. The Kier molecular flexibility index (Phi) is 2.49. The highest BCUT2D eigenvalue weighted by Crippen LogP contribution is 2.68. The SMILES string of the molecule is COC(=O)C1CCN1C12CC3CC(C)(CC(C)(C3)C1)C2. The highest BCUT2D eigenvalue weighted by Gasteiger charge is 2.64. The van der Waals surface area contributed by atoms with E-state index in [2.05, 4.69) is 18.7 Å². The number of rotatable bonds is 2. The summed E-state index contributed by atoms with van der Waals surface area (Å²) in [5, 5.41) is 0. The van der Waals surface area contributed by atoms with Crippen molar-refractivity contribution in [3.05, 3.63) is 0 Å². The number of methoxy groups -OCH3 is 1. The highest BCUT2D eigenvalue weighted by molar-refractivity contribution is 5.76. The minimum Gasteiger partial charge on any atom is -0.468 e. The molecule has 3 heteroatoms. The molecular weight excluding hydrogens is 250 g/mol. The first-order chi connectivity index (χ1) is 9.37. The molecule has 5 fully saturated rings. The number of hydrogen-bond donors (Lipinski definition) is 0. The topological polar surface area (TPSA) is 29.5 Å². The van der Waals surface area contributed by atoms with E-state index in [9.17, 15) is 4.79 Å². The third-order valence-electron chi connectivity index (χ3n) is 6.70. The van der Waals surface area contributed by atoms with Gasteiger partial charge in [-0.2, -0.15) is 0 Å². The Labute approximate surface area is 122 Å². The minimum atomic E-state index is -0.0118. The van der Waals surface area contributed by atoms with Crippen molar-refractivity contribution < 1.29 is 9.53 Å². The lowest BCUT2D eigenvalue weighted by atomic mass is 9.42. The van der Waals surface area contributed by atoms with E-state index in [0.29, 0.717) is 16.4 Å². The Morgan fingerprint density at radius 2 is 1.75 bits per heavy atom. The summed E-state index contributed by atoms with van der Waals surface area (Å²) in [6.45, 7) is 6.09. The fourth-order valence-electron chi connectivity index (χ4n) is 7.04. The summed E-state index contributed by atoms with van der Waals surface area (Å²) in [6, 6.07) is 0.0449. The molecule has 112 valence electrons. The number of ether oxygens (including phenoxy) is 1. The Bertz CT molecular complexity index is 442. The number of likely N-dealkylation sites (tertiary alicyclic amines) is 1. The fraction of sp³-hybridized carbons (Fsp3) is 0.941. The van der Waals surface area contributed by atoms with E-state index in [4.69, 9.17) is 4.74 Å². The molecule has 4 aliphatic carbocycles. The van der Waals surface area contributed by atoms with Crippen LogP contribution in [-0.2, 0) is 9.53 Å². The van der Waals surface area contributed by atoms with Crippen LogP contribution in [0.1, 0.15) is 58.8 Å². The van der Waals surface area contributed by atoms with Gasteiger partial charge < -0.3 is 4.74 Å². The van der Waals surface area contributed by atoms with Crippen LogP contribution in [0.25, 0.3) is 0 Å². The van der Waals surface area contributed by atoms with Gasteiger partial charge in [0, 0.05) is 12.1 Å². The molecule has 0 aromatic rings. The van der Waals surface area contributed by atoms with Gasteiger partial charge in [0.2, 0.25) is 0 Å². The monoisotopic (exact) mass is 277 g/mol. The molecule has 20 heavy (non-hydrogen) atoms. The van der Waals surface area contributed by atoms with Gasteiger partial charge in [-0.25, -0.2) is 0 Å². The summed E-state index contributed by atoms with van der Waals surface area (Å²) in [6.07, 6.45) is 9.16. The maximum absolute atomic E-state index is 12.0. The van der Waals surface area contributed by atoms with E-state index in [0.717, 1.165) is 18.9 Å². The van der Waals surface area contributed by atoms with Crippen LogP contribution in [0.15, 0.2) is 0 Å². The van der Waals surface area contributed by atoms with Crippen molar-refractivity contribution in [2.45, 2.75) is 70.4 Å². The summed E-state index contributed by atoms with van der Waals surface area (Å²) in [5.41, 5.74) is 1.34. The van der Waals surface area contributed by atoms with Gasteiger partial charge in [0.15, 0.2) is 0 Å². The van der Waals surface area contributed by atoms with E-state index in [1.165, 1.54) is 45.6 Å². The zero-order valence-electron chi connectivity index (χ0n) is 13.1. The van der Waals surface area contributed by atoms with Crippen LogP contribution >= 0.6 is 0 Å². The highest BCUT2D eigenvalue weighted by atomic mass is 16.5. The van der Waals surface area contributed by atoms with Gasteiger partial charge in [0.05, 0.1) is 7.11 Å². The Morgan fingerprint density at radius 1 is 1.10 bits per heavy atom. The maximum atomic E-state index is 12.0. The van der Waals surface area contributed by atoms with Gasteiger partial charge in [-0.1, -0.05) is 13.8 Å². The van der Waals surface area contributed by atoms with Crippen molar-refractivity contribution in [3.63, 3.8) is 0 Å². The van der Waals surface area contributed by atoms with E-state index in [1.54, 1.807) is 0 Å². The minimum absolute atomic E-state index is 0.0118. The molecule has 3 atom stereocenters. The standard InChI is InChI=1S/C17H27NO2/c1-15-6-12-7-16(2,9-15)11-17(8-12,10-15)18-5-4-13(18)14(19)20-3/h12-13H,4-11H2,1-3H3. The lowest BCUT2D eigenvalue weighted by Gasteiger charge is -2.70. The zero-order chi connectivity index (χ0) is 14.2. The van der Waals surface area contributed by atoms with Crippen LogP contribution < -0.4 is 0 Å². The van der Waals surface area contributed by atoms with Gasteiger partial charge in [-0.15, -0.1) is 0 Å². The Morgan fingerprint density at radius 3 is 2.20 bits per heavy atom. The molecule has 0 spiro atoms. The van der Waals surface area contributed by atoms with E-state index >= 15 is 0 Å². The van der Waals surface area contributed by atoms with Crippen molar-refractivity contribution in [1.29, 1.82) is 0 Å². The number of carbonyl (C=O) groups is 1. The molecule has 0 radical (unpaired) electrons. The number of carbonyl (C=O) groups excluding carboxylic acids is 1. The van der Waals surface area contributed by atoms with Crippen LogP contribution in [0.3, 0.4) is 0 Å². The van der Waals surface area contributed by atoms with Gasteiger partial charge in [-0.3, -0.25) is 9.69 Å². The summed E-state index contributed by atoms with van der Waals surface area (Å²) >= 11 is 0. The summed E-state index contributed by atoms with van der Waals surface area (Å²) < 4.78 is 5.02. The molecule has 1 aliphatic heterocycles.